The molecule has 0 aromatic heterocycles. The van der Waals surface area contributed by atoms with E-state index in [1.165, 1.54) is 16.8 Å². The molecule has 1 saturated heterocycles. The second kappa shape index (κ2) is 8.03. The van der Waals surface area contributed by atoms with Crippen molar-refractivity contribution < 1.29 is 4.74 Å². The van der Waals surface area contributed by atoms with E-state index >= 15 is 0 Å². The number of ether oxygens (including phenoxy) is 1. The molecule has 0 aliphatic carbocycles. The Morgan fingerprint density at radius 3 is 2.77 bits per heavy atom. The van der Waals surface area contributed by atoms with Crippen LogP contribution in [0.5, 0.6) is 0 Å². The molecule has 2 N–H and O–H groups in total. The van der Waals surface area contributed by atoms with Crippen LogP contribution in [0, 0.1) is 6.92 Å². The van der Waals surface area contributed by atoms with Crippen molar-refractivity contribution in [1.29, 1.82) is 0 Å². The highest BCUT2D eigenvalue weighted by molar-refractivity contribution is 5.79. The Balaban J connectivity index is 1.84. The van der Waals surface area contributed by atoms with E-state index in [4.69, 9.17) is 4.74 Å². The van der Waals surface area contributed by atoms with Crippen LogP contribution in [-0.4, -0.2) is 46.4 Å². The van der Waals surface area contributed by atoms with Gasteiger partial charge in [-0.1, -0.05) is 6.07 Å². The number of guanidine groups is 1. The first-order valence-corrected chi connectivity index (χ1v) is 7.93. The maximum absolute atomic E-state index is 5.62. The summed E-state index contributed by atoms with van der Waals surface area (Å²) < 4.78 is 5.62. The topological polar surface area (TPSA) is 48.9 Å². The first-order valence-electron chi connectivity index (χ1n) is 7.93. The molecule has 2 rings (SSSR count). The molecule has 0 amide bonds. The quantitative estimate of drug-likeness (QED) is 0.644. The lowest BCUT2D eigenvalue weighted by Crippen LogP contribution is -2.40. The average Bonchev–Trinajstić information content (AvgIpc) is 3.01. The van der Waals surface area contributed by atoms with Gasteiger partial charge < -0.3 is 20.3 Å². The van der Waals surface area contributed by atoms with Gasteiger partial charge in [-0.25, -0.2) is 0 Å². The van der Waals surface area contributed by atoms with Gasteiger partial charge in [0.1, 0.15) is 0 Å². The molecule has 1 aliphatic heterocycles. The molecule has 1 heterocycles. The molecule has 122 valence electrons. The zero-order chi connectivity index (χ0) is 15.9. The largest absolute Gasteiger partial charge is 0.378 e. The molecule has 1 aromatic rings. The Bertz CT molecular complexity index is 507. The molecule has 22 heavy (non-hydrogen) atoms. The normalized spacial score (nSPS) is 18.4. The summed E-state index contributed by atoms with van der Waals surface area (Å²) in [7, 11) is 5.92. The molecule has 0 radical (unpaired) electrons. The second-order valence-electron chi connectivity index (χ2n) is 5.95. The summed E-state index contributed by atoms with van der Waals surface area (Å²) in [4.78, 5) is 6.39. The van der Waals surface area contributed by atoms with Gasteiger partial charge in [0, 0.05) is 46.5 Å². The van der Waals surface area contributed by atoms with Crippen molar-refractivity contribution in [1.82, 2.24) is 10.6 Å². The van der Waals surface area contributed by atoms with Gasteiger partial charge in [0.15, 0.2) is 5.96 Å². The zero-order valence-electron chi connectivity index (χ0n) is 14.1. The van der Waals surface area contributed by atoms with E-state index in [0.29, 0.717) is 6.10 Å². The summed E-state index contributed by atoms with van der Waals surface area (Å²) in [5.74, 6) is 0.826. The number of benzene rings is 1. The van der Waals surface area contributed by atoms with Crippen molar-refractivity contribution >= 4 is 11.6 Å². The van der Waals surface area contributed by atoms with Gasteiger partial charge in [0.2, 0.25) is 0 Å². The Labute approximate surface area is 133 Å². The van der Waals surface area contributed by atoms with Crippen molar-refractivity contribution in [3.05, 3.63) is 29.3 Å². The molecule has 1 atom stereocenters. The fourth-order valence-electron chi connectivity index (χ4n) is 2.57. The minimum Gasteiger partial charge on any atom is -0.378 e. The van der Waals surface area contributed by atoms with Crippen LogP contribution < -0.4 is 15.5 Å². The highest BCUT2D eigenvalue weighted by Gasteiger charge is 2.15. The molecular formula is C17H28N4O. The molecule has 1 aromatic carbocycles. The molecule has 0 spiro atoms. The third-order valence-electron chi connectivity index (χ3n) is 4.03. The minimum atomic E-state index is 0.319. The molecule has 0 bridgehead atoms. The summed E-state index contributed by atoms with van der Waals surface area (Å²) in [6.07, 6.45) is 2.62. The monoisotopic (exact) mass is 304 g/mol. The van der Waals surface area contributed by atoms with Crippen molar-refractivity contribution in [3.63, 3.8) is 0 Å². The van der Waals surface area contributed by atoms with Crippen LogP contribution >= 0.6 is 0 Å². The van der Waals surface area contributed by atoms with Crippen molar-refractivity contribution in [3.8, 4) is 0 Å². The first-order chi connectivity index (χ1) is 10.6. The molecule has 5 nitrogen and oxygen atoms in total. The SMILES string of the molecule is CN=C(NCc1ccc(N(C)C)cc1C)NCC1CCCO1. The molecule has 1 fully saturated rings. The summed E-state index contributed by atoms with van der Waals surface area (Å²) in [6.45, 7) is 4.62. The van der Waals surface area contributed by atoms with Gasteiger partial charge >= 0.3 is 0 Å². The number of hydrogen-bond acceptors (Lipinski definition) is 3. The van der Waals surface area contributed by atoms with Gasteiger partial charge in [-0.2, -0.15) is 0 Å². The molecule has 1 aliphatic rings. The van der Waals surface area contributed by atoms with Crippen LogP contribution in [0.4, 0.5) is 5.69 Å². The Hall–Kier alpha value is -1.75. The van der Waals surface area contributed by atoms with E-state index in [9.17, 15) is 0 Å². The van der Waals surface area contributed by atoms with Crippen molar-refractivity contribution in [2.45, 2.75) is 32.4 Å². The summed E-state index contributed by atoms with van der Waals surface area (Å²) in [5, 5.41) is 6.71. The lowest BCUT2D eigenvalue weighted by Gasteiger charge is -2.17. The van der Waals surface area contributed by atoms with Crippen molar-refractivity contribution in [2.24, 2.45) is 4.99 Å². The van der Waals surface area contributed by atoms with Crippen LogP contribution in [0.2, 0.25) is 0 Å². The molecular weight excluding hydrogens is 276 g/mol. The van der Waals surface area contributed by atoms with Gasteiger partial charge in [0.05, 0.1) is 6.10 Å². The molecule has 1 unspecified atom stereocenters. The Morgan fingerprint density at radius 2 is 2.18 bits per heavy atom. The Morgan fingerprint density at radius 1 is 1.36 bits per heavy atom. The van der Waals surface area contributed by atoms with Crippen LogP contribution in [0.1, 0.15) is 24.0 Å². The second-order valence-corrected chi connectivity index (χ2v) is 5.95. The van der Waals surface area contributed by atoms with Crippen LogP contribution in [0.25, 0.3) is 0 Å². The zero-order valence-corrected chi connectivity index (χ0v) is 14.1. The van der Waals surface area contributed by atoms with Crippen LogP contribution in [0.3, 0.4) is 0 Å². The first kappa shape index (κ1) is 16.6. The van der Waals surface area contributed by atoms with Gasteiger partial charge in [-0.15, -0.1) is 0 Å². The predicted octanol–water partition coefficient (Wildman–Crippen LogP) is 1.91. The maximum atomic E-state index is 5.62. The fourth-order valence-corrected chi connectivity index (χ4v) is 2.57. The van der Waals surface area contributed by atoms with E-state index < -0.39 is 0 Å². The van der Waals surface area contributed by atoms with E-state index in [0.717, 1.165) is 38.5 Å². The predicted molar refractivity (Wildman–Crippen MR) is 92.7 cm³/mol. The lowest BCUT2D eigenvalue weighted by molar-refractivity contribution is 0.114. The smallest absolute Gasteiger partial charge is 0.191 e. The van der Waals surface area contributed by atoms with Gasteiger partial charge in [-0.3, -0.25) is 4.99 Å². The van der Waals surface area contributed by atoms with Gasteiger partial charge in [0.25, 0.3) is 0 Å². The van der Waals surface area contributed by atoms with E-state index in [1.54, 1.807) is 7.05 Å². The number of aryl methyl sites for hydroxylation is 1. The van der Waals surface area contributed by atoms with Crippen LogP contribution in [0.15, 0.2) is 23.2 Å². The third kappa shape index (κ3) is 4.63. The highest BCUT2D eigenvalue weighted by atomic mass is 16.5. The number of hydrogen-bond donors (Lipinski definition) is 2. The maximum Gasteiger partial charge on any atom is 0.191 e. The highest BCUT2D eigenvalue weighted by Crippen LogP contribution is 2.17. The number of anilines is 1. The average molecular weight is 304 g/mol. The van der Waals surface area contributed by atoms with Crippen molar-refractivity contribution in [2.75, 3.05) is 39.2 Å². The summed E-state index contributed by atoms with van der Waals surface area (Å²) >= 11 is 0. The number of rotatable bonds is 5. The van der Waals surface area contributed by atoms with E-state index in [-0.39, 0.29) is 0 Å². The number of nitrogens with one attached hydrogen (secondary N) is 2. The lowest BCUT2D eigenvalue weighted by atomic mass is 10.1. The van der Waals surface area contributed by atoms with E-state index in [2.05, 4.69) is 59.7 Å². The number of aliphatic imine (C=N–C) groups is 1. The van der Waals surface area contributed by atoms with E-state index in [1.807, 2.05) is 0 Å². The minimum absolute atomic E-state index is 0.319. The standard InChI is InChI=1S/C17H28N4O/c1-13-10-15(21(3)4)8-7-14(13)11-19-17(18-2)20-12-16-6-5-9-22-16/h7-8,10,16H,5-6,9,11-12H2,1-4H3,(H2,18,19,20). The molecule has 0 saturated carbocycles. The van der Waals surface area contributed by atoms with Crippen LogP contribution in [-0.2, 0) is 11.3 Å². The Kier molecular flexibility index (Phi) is 6.07. The summed E-state index contributed by atoms with van der Waals surface area (Å²) in [5.41, 5.74) is 3.79. The summed E-state index contributed by atoms with van der Waals surface area (Å²) in [6, 6.07) is 6.52. The molecule has 5 heteroatoms. The third-order valence-corrected chi connectivity index (χ3v) is 4.03. The van der Waals surface area contributed by atoms with Gasteiger partial charge in [-0.05, 0) is 43.0 Å². The number of nitrogens with zero attached hydrogens (tertiary/aromatic N) is 2. The fraction of sp³-hybridized carbons (Fsp3) is 0.588.